The fraction of sp³-hybridized carbons (Fsp3) is 0.462. The third-order valence-electron chi connectivity index (χ3n) is 2.72. The number of hydrogen-bond acceptors (Lipinski definition) is 3. The molecule has 2 N–H and O–H groups in total. The van der Waals surface area contributed by atoms with Gasteiger partial charge in [-0.3, -0.25) is 0 Å². The summed E-state index contributed by atoms with van der Waals surface area (Å²) in [6.07, 6.45) is 2.03. The molecule has 0 unspecified atom stereocenters. The zero-order valence-corrected chi connectivity index (χ0v) is 12.3. The normalized spacial score (nSPS) is 10.5. The molecule has 0 spiro atoms. The Hall–Kier alpha value is -1.13. The molecule has 1 rings (SSSR count). The van der Waals surface area contributed by atoms with Gasteiger partial charge in [0.1, 0.15) is 10.6 Å². The van der Waals surface area contributed by atoms with Gasteiger partial charge in [-0.1, -0.05) is 43.5 Å². The van der Waals surface area contributed by atoms with Crippen molar-refractivity contribution in [2.75, 3.05) is 6.61 Å². The number of rotatable bonds is 6. The van der Waals surface area contributed by atoms with Crippen molar-refractivity contribution in [3.05, 3.63) is 21.2 Å². The molecule has 0 heterocycles. The molecule has 1 aromatic rings. The molecule has 0 saturated heterocycles. The van der Waals surface area contributed by atoms with Crippen molar-refractivity contribution in [2.45, 2.75) is 33.1 Å². The molecule has 106 valence electrons. The third kappa shape index (κ3) is 3.25. The van der Waals surface area contributed by atoms with Gasteiger partial charge in [0, 0.05) is 0 Å². The van der Waals surface area contributed by atoms with Gasteiger partial charge in [-0.2, -0.15) is 0 Å². The SMILES string of the molecule is CCCCOc1c(O)c(C(=O)O)c(CC)c(Cl)c1Cl. The van der Waals surface area contributed by atoms with Crippen LogP contribution in [0.1, 0.15) is 42.6 Å². The van der Waals surface area contributed by atoms with E-state index in [4.69, 9.17) is 27.9 Å². The first-order valence-corrected chi connectivity index (χ1v) is 6.80. The standard InChI is InChI=1S/C13H16Cl2O4/c1-3-5-6-19-12-10(15)9(14)7(4-2)8(11(12)16)13(17)18/h16H,3-6H2,1-2H3,(H,17,18). The van der Waals surface area contributed by atoms with Gasteiger partial charge in [0.05, 0.1) is 11.6 Å². The highest BCUT2D eigenvalue weighted by molar-refractivity contribution is 6.44. The van der Waals surface area contributed by atoms with Crippen LogP contribution >= 0.6 is 23.2 Å². The maximum Gasteiger partial charge on any atom is 0.339 e. The van der Waals surface area contributed by atoms with Crippen LogP contribution in [0.3, 0.4) is 0 Å². The van der Waals surface area contributed by atoms with Crippen LogP contribution in [0.15, 0.2) is 0 Å². The summed E-state index contributed by atoms with van der Waals surface area (Å²) in [7, 11) is 0. The van der Waals surface area contributed by atoms with Gasteiger partial charge < -0.3 is 14.9 Å². The number of unbranched alkanes of at least 4 members (excludes halogenated alkanes) is 1. The summed E-state index contributed by atoms with van der Waals surface area (Å²) in [5.74, 6) is -1.78. The molecular formula is C13H16Cl2O4. The quantitative estimate of drug-likeness (QED) is 0.775. The molecule has 0 amide bonds. The van der Waals surface area contributed by atoms with Crippen LogP contribution in [0.5, 0.6) is 11.5 Å². The second-order valence-corrected chi connectivity index (χ2v) is 4.78. The largest absolute Gasteiger partial charge is 0.504 e. The van der Waals surface area contributed by atoms with E-state index in [0.29, 0.717) is 18.6 Å². The Kier molecular flexibility index (Phi) is 5.76. The van der Waals surface area contributed by atoms with Crippen LogP contribution in [0.4, 0.5) is 0 Å². The summed E-state index contributed by atoms with van der Waals surface area (Å²) in [6, 6.07) is 0. The van der Waals surface area contributed by atoms with E-state index >= 15 is 0 Å². The van der Waals surface area contributed by atoms with E-state index in [-0.39, 0.29) is 21.4 Å². The number of halogens is 2. The molecule has 0 radical (unpaired) electrons. The molecule has 1 aromatic carbocycles. The van der Waals surface area contributed by atoms with Gasteiger partial charge in [-0.15, -0.1) is 0 Å². The topological polar surface area (TPSA) is 66.8 Å². The van der Waals surface area contributed by atoms with Gasteiger partial charge in [0.15, 0.2) is 11.5 Å². The molecule has 0 atom stereocenters. The van der Waals surface area contributed by atoms with E-state index < -0.39 is 11.7 Å². The number of phenols is 1. The number of carboxylic acids is 1. The fourth-order valence-electron chi connectivity index (χ4n) is 1.71. The lowest BCUT2D eigenvalue weighted by atomic mass is 10.0. The first-order valence-electron chi connectivity index (χ1n) is 6.04. The summed E-state index contributed by atoms with van der Waals surface area (Å²) in [5.41, 5.74) is 0.0582. The van der Waals surface area contributed by atoms with Crippen molar-refractivity contribution in [1.29, 1.82) is 0 Å². The molecule has 0 bridgehead atoms. The lowest BCUT2D eigenvalue weighted by molar-refractivity contribution is 0.0691. The highest BCUT2D eigenvalue weighted by Gasteiger charge is 2.26. The molecule has 6 heteroatoms. The highest BCUT2D eigenvalue weighted by atomic mass is 35.5. The molecule has 19 heavy (non-hydrogen) atoms. The monoisotopic (exact) mass is 306 g/mol. The number of carbonyl (C=O) groups is 1. The number of carboxylic acid groups (broad SMARTS) is 1. The number of aromatic carboxylic acids is 1. The van der Waals surface area contributed by atoms with E-state index in [1.54, 1.807) is 6.92 Å². The summed E-state index contributed by atoms with van der Waals surface area (Å²) >= 11 is 12.1. The van der Waals surface area contributed by atoms with Gasteiger partial charge in [-0.05, 0) is 18.4 Å². The van der Waals surface area contributed by atoms with Crippen LogP contribution in [0.25, 0.3) is 0 Å². The zero-order valence-electron chi connectivity index (χ0n) is 10.8. The predicted octanol–water partition coefficient (Wildman–Crippen LogP) is 4.14. The molecule has 0 aliphatic carbocycles. The Balaban J connectivity index is 3.36. The Morgan fingerprint density at radius 2 is 1.89 bits per heavy atom. The van der Waals surface area contributed by atoms with Crippen LogP contribution < -0.4 is 4.74 Å². The van der Waals surface area contributed by atoms with Crippen LogP contribution in [0.2, 0.25) is 10.0 Å². The summed E-state index contributed by atoms with van der Waals surface area (Å²) < 4.78 is 5.35. The van der Waals surface area contributed by atoms with Crippen LogP contribution in [-0.2, 0) is 6.42 Å². The number of hydrogen-bond donors (Lipinski definition) is 2. The van der Waals surface area contributed by atoms with E-state index in [9.17, 15) is 15.0 Å². The summed E-state index contributed by atoms with van der Waals surface area (Å²) in [6.45, 7) is 4.06. The van der Waals surface area contributed by atoms with Crippen molar-refractivity contribution < 1.29 is 19.7 Å². The summed E-state index contributed by atoms with van der Waals surface area (Å²) in [4.78, 5) is 11.2. The second kappa shape index (κ2) is 6.87. The minimum absolute atomic E-state index is 0.0529. The van der Waals surface area contributed by atoms with Crippen LogP contribution in [0, 0.1) is 0 Å². The van der Waals surface area contributed by atoms with Gasteiger partial charge >= 0.3 is 5.97 Å². The molecule has 0 aliphatic rings. The second-order valence-electron chi connectivity index (χ2n) is 4.02. The average Bonchev–Trinajstić information content (AvgIpc) is 2.37. The molecule has 0 aromatic heterocycles. The molecule has 0 aliphatic heterocycles. The van der Waals surface area contributed by atoms with E-state index in [2.05, 4.69) is 0 Å². The minimum atomic E-state index is -1.26. The first kappa shape index (κ1) is 15.9. The lowest BCUT2D eigenvalue weighted by Crippen LogP contribution is -2.07. The zero-order chi connectivity index (χ0) is 14.6. The van der Waals surface area contributed by atoms with E-state index in [1.807, 2.05) is 6.92 Å². The maximum atomic E-state index is 11.2. The number of ether oxygens (including phenoxy) is 1. The third-order valence-corrected chi connectivity index (χ3v) is 3.60. The highest BCUT2D eigenvalue weighted by Crippen LogP contribution is 2.45. The first-order chi connectivity index (χ1) is 8.95. The Morgan fingerprint density at radius 3 is 2.37 bits per heavy atom. The number of aromatic hydroxyl groups is 1. The fourth-order valence-corrected chi connectivity index (χ4v) is 2.29. The van der Waals surface area contributed by atoms with E-state index in [0.717, 1.165) is 12.8 Å². The average molecular weight is 307 g/mol. The van der Waals surface area contributed by atoms with Gasteiger partial charge in [0.25, 0.3) is 0 Å². The van der Waals surface area contributed by atoms with Crippen LogP contribution in [-0.4, -0.2) is 22.8 Å². The molecule has 0 saturated carbocycles. The molecule has 4 nitrogen and oxygen atoms in total. The van der Waals surface area contributed by atoms with Crippen molar-refractivity contribution in [3.8, 4) is 11.5 Å². The van der Waals surface area contributed by atoms with Crippen molar-refractivity contribution >= 4 is 29.2 Å². The maximum absolute atomic E-state index is 11.2. The van der Waals surface area contributed by atoms with Gasteiger partial charge in [0.2, 0.25) is 0 Å². The van der Waals surface area contributed by atoms with Gasteiger partial charge in [-0.25, -0.2) is 4.79 Å². The Labute approximate surface area is 121 Å². The molecule has 0 fully saturated rings. The minimum Gasteiger partial charge on any atom is -0.504 e. The smallest absolute Gasteiger partial charge is 0.339 e. The van der Waals surface area contributed by atoms with Crippen molar-refractivity contribution in [2.24, 2.45) is 0 Å². The Bertz CT molecular complexity index is 486. The Morgan fingerprint density at radius 1 is 1.26 bits per heavy atom. The van der Waals surface area contributed by atoms with Crippen molar-refractivity contribution in [1.82, 2.24) is 0 Å². The summed E-state index contributed by atoms with van der Waals surface area (Å²) in [5, 5.41) is 19.4. The predicted molar refractivity (Wildman–Crippen MR) is 74.9 cm³/mol. The van der Waals surface area contributed by atoms with E-state index in [1.165, 1.54) is 0 Å². The molecular weight excluding hydrogens is 291 g/mol. The number of benzene rings is 1. The van der Waals surface area contributed by atoms with Crippen molar-refractivity contribution in [3.63, 3.8) is 0 Å². The lowest BCUT2D eigenvalue weighted by Gasteiger charge is -2.16.